The average molecular weight is 385 g/mol. The van der Waals surface area contributed by atoms with E-state index < -0.39 is 0 Å². The number of hydrogen-bond acceptors (Lipinski definition) is 5. The first-order valence-electron chi connectivity index (χ1n) is 9.92. The van der Waals surface area contributed by atoms with Crippen LogP contribution in [0.3, 0.4) is 0 Å². The standard InChI is InChI=1S/C23H23N5O/c1-2-29-17-12-10-16(11-13-17)20-14-21(28-23(25-20)26-22(24)27-28)19-9-5-7-15-6-3-4-8-18(15)19/h3-13,20-21H,2,14H2,1H3,(H3,24,25,26,27)/t20-,21-/m0/s1. The summed E-state index contributed by atoms with van der Waals surface area (Å²) in [6, 6.07) is 23.3. The van der Waals surface area contributed by atoms with Gasteiger partial charge in [-0.3, -0.25) is 0 Å². The van der Waals surface area contributed by atoms with Crippen molar-refractivity contribution in [1.29, 1.82) is 0 Å². The number of hydrogen-bond donors (Lipinski definition) is 2. The van der Waals surface area contributed by atoms with Crippen LogP contribution in [0.1, 0.15) is 36.6 Å². The summed E-state index contributed by atoms with van der Waals surface area (Å²) >= 11 is 0. The molecule has 1 aliphatic rings. The smallest absolute Gasteiger partial charge is 0.241 e. The third-order valence-corrected chi connectivity index (χ3v) is 5.48. The molecule has 29 heavy (non-hydrogen) atoms. The summed E-state index contributed by atoms with van der Waals surface area (Å²) < 4.78 is 7.50. The van der Waals surface area contributed by atoms with Crippen LogP contribution in [0.15, 0.2) is 66.7 Å². The topological polar surface area (TPSA) is 78.0 Å². The number of benzene rings is 3. The molecule has 0 aliphatic carbocycles. The molecule has 0 saturated heterocycles. The van der Waals surface area contributed by atoms with E-state index in [2.05, 4.69) is 70.0 Å². The van der Waals surface area contributed by atoms with Crippen LogP contribution in [0, 0.1) is 0 Å². The maximum absolute atomic E-state index is 5.95. The Morgan fingerprint density at radius 3 is 2.69 bits per heavy atom. The van der Waals surface area contributed by atoms with Gasteiger partial charge in [-0.2, -0.15) is 4.98 Å². The number of nitrogen functional groups attached to an aromatic ring is 1. The van der Waals surface area contributed by atoms with Crippen molar-refractivity contribution < 1.29 is 4.74 Å². The van der Waals surface area contributed by atoms with Gasteiger partial charge < -0.3 is 15.8 Å². The number of nitrogens with zero attached hydrogens (tertiary/aromatic N) is 3. The molecule has 0 amide bonds. The molecule has 3 aromatic carbocycles. The van der Waals surface area contributed by atoms with Crippen LogP contribution in [0.4, 0.5) is 11.9 Å². The molecule has 1 aliphatic heterocycles. The van der Waals surface area contributed by atoms with Crippen molar-refractivity contribution in [2.75, 3.05) is 17.7 Å². The van der Waals surface area contributed by atoms with E-state index >= 15 is 0 Å². The first-order chi connectivity index (χ1) is 14.2. The predicted octanol–water partition coefficient (Wildman–Crippen LogP) is 4.56. The molecule has 3 N–H and O–H groups in total. The fraction of sp³-hybridized carbons (Fsp3) is 0.217. The number of ether oxygens (including phenoxy) is 1. The summed E-state index contributed by atoms with van der Waals surface area (Å²) in [6.45, 7) is 2.65. The summed E-state index contributed by atoms with van der Waals surface area (Å²) in [4.78, 5) is 4.42. The highest BCUT2D eigenvalue weighted by Gasteiger charge is 2.31. The van der Waals surface area contributed by atoms with E-state index in [1.54, 1.807) is 0 Å². The third-order valence-electron chi connectivity index (χ3n) is 5.48. The minimum Gasteiger partial charge on any atom is -0.494 e. The van der Waals surface area contributed by atoms with Crippen LogP contribution in [0.25, 0.3) is 10.8 Å². The minimum absolute atomic E-state index is 0.0405. The number of nitrogens with one attached hydrogen (secondary N) is 1. The lowest BCUT2D eigenvalue weighted by atomic mass is 9.90. The summed E-state index contributed by atoms with van der Waals surface area (Å²) in [5.41, 5.74) is 8.36. The van der Waals surface area contributed by atoms with Crippen molar-refractivity contribution in [3.8, 4) is 5.75 Å². The van der Waals surface area contributed by atoms with Crippen molar-refractivity contribution >= 4 is 22.7 Å². The van der Waals surface area contributed by atoms with Gasteiger partial charge in [-0.25, -0.2) is 4.68 Å². The fourth-order valence-corrected chi connectivity index (χ4v) is 4.18. The number of aromatic nitrogens is 3. The van der Waals surface area contributed by atoms with Crippen LogP contribution >= 0.6 is 0 Å². The minimum atomic E-state index is 0.0405. The van der Waals surface area contributed by atoms with Gasteiger partial charge in [0.25, 0.3) is 0 Å². The zero-order chi connectivity index (χ0) is 19.8. The number of fused-ring (bicyclic) bond motifs is 2. The van der Waals surface area contributed by atoms with Gasteiger partial charge in [-0.15, -0.1) is 5.10 Å². The average Bonchev–Trinajstić information content (AvgIpc) is 3.13. The molecule has 4 aromatic rings. The molecule has 2 heterocycles. The Balaban J connectivity index is 1.57. The first kappa shape index (κ1) is 17.6. The van der Waals surface area contributed by atoms with Crippen molar-refractivity contribution in [3.63, 3.8) is 0 Å². The zero-order valence-corrected chi connectivity index (χ0v) is 16.2. The Kier molecular flexibility index (Phi) is 4.31. The molecular weight excluding hydrogens is 362 g/mol. The molecule has 5 rings (SSSR count). The number of rotatable bonds is 4. The Morgan fingerprint density at radius 2 is 1.86 bits per heavy atom. The molecule has 0 radical (unpaired) electrons. The van der Waals surface area contributed by atoms with E-state index in [4.69, 9.17) is 10.5 Å². The van der Waals surface area contributed by atoms with E-state index in [0.29, 0.717) is 12.6 Å². The second-order valence-corrected chi connectivity index (χ2v) is 7.26. The first-order valence-corrected chi connectivity index (χ1v) is 9.92. The van der Waals surface area contributed by atoms with Crippen molar-refractivity contribution in [2.45, 2.75) is 25.4 Å². The summed E-state index contributed by atoms with van der Waals surface area (Å²) in [5.74, 6) is 1.86. The largest absolute Gasteiger partial charge is 0.494 e. The maximum atomic E-state index is 5.95. The highest BCUT2D eigenvalue weighted by atomic mass is 16.5. The van der Waals surface area contributed by atoms with Crippen LogP contribution in [-0.4, -0.2) is 21.4 Å². The summed E-state index contributed by atoms with van der Waals surface area (Å²) in [6.07, 6.45) is 0.845. The van der Waals surface area contributed by atoms with Crippen LogP contribution in [0.5, 0.6) is 5.75 Å². The van der Waals surface area contributed by atoms with Gasteiger partial charge in [0.05, 0.1) is 18.7 Å². The second kappa shape index (κ2) is 7.13. The highest BCUT2D eigenvalue weighted by molar-refractivity contribution is 5.86. The van der Waals surface area contributed by atoms with E-state index in [1.165, 1.54) is 21.9 Å². The normalized spacial score (nSPS) is 18.2. The quantitative estimate of drug-likeness (QED) is 0.538. The lowest BCUT2D eigenvalue weighted by molar-refractivity contribution is 0.340. The number of anilines is 2. The third kappa shape index (κ3) is 3.16. The Morgan fingerprint density at radius 1 is 1.07 bits per heavy atom. The fourth-order valence-electron chi connectivity index (χ4n) is 4.18. The monoisotopic (exact) mass is 385 g/mol. The van der Waals surface area contributed by atoms with E-state index in [-0.39, 0.29) is 18.0 Å². The second-order valence-electron chi connectivity index (χ2n) is 7.26. The molecule has 0 bridgehead atoms. The maximum Gasteiger partial charge on any atom is 0.241 e. The lowest BCUT2D eigenvalue weighted by Gasteiger charge is -2.32. The number of nitrogens with two attached hydrogens (primary N) is 1. The molecular formula is C23H23N5O. The zero-order valence-electron chi connectivity index (χ0n) is 16.2. The van der Waals surface area contributed by atoms with Crippen molar-refractivity contribution in [3.05, 3.63) is 77.9 Å². The summed E-state index contributed by atoms with van der Waals surface area (Å²) in [5, 5.41) is 10.4. The molecule has 146 valence electrons. The van der Waals surface area contributed by atoms with Crippen LogP contribution < -0.4 is 15.8 Å². The van der Waals surface area contributed by atoms with Gasteiger partial charge in [-0.05, 0) is 47.4 Å². The van der Waals surface area contributed by atoms with E-state index in [1.807, 2.05) is 23.7 Å². The van der Waals surface area contributed by atoms with Crippen molar-refractivity contribution in [1.82, 2.24) is 14.8 Å². The SMILES string of the molecule is CCOc1ccc([C@@H]2C[C@@H](c3cccc4ccccc34)n3nc(N)nc3N2)cc1. The van der Waals surface area contributed by atoms with Gasteiger partial charge in [-0.1, -0.05) is 54.6 Å². The Hall–Kier alpha value is -3.54. The summed E-state index contributed by atoms with van der Waals surface area (Å²) in [7, 11) is 0. The molecule has 6 heteroatoms. The lowest BCUT2D eigenvalue weighted by Crippen LogP contribution is -2.28. The molecule has 0 saturated carbocycles. The molecule has 1 aromatic heterocycles. The Labute approximate surface area is 169 Å². The van der Waals surface area contributed by atoms with Crippen LogP contribution in [-0.2, 0) is 0 Å². The molecule has 0 unspecified atom stereocenters. The molecule has 6 nitrogen and oxygen atoms in total. The van der Waals surface area contributed by atoms with Gasteiger partial charge in [0.1, 0.15) is 5.75 Å². The highest BCUT2D eigenvalue weighted by Crippen LogP contribution is 2.40. The van der Waals surface area contributed by atoms with E-state index in [9.17, 15) is 0 Å². The predicted molar refractivity (Wildman–Crippen MR) is 115 cm³/mol. The van der Waals surface area contributed by atoms with Crippen molar-refractivity contribution in [2.24, 2.45) is 0 Å². The molecule has 2 atom stereocenters. The van der Waals surface area contributed by atoms with Crippen LogP contribution in [0.2, 0.25) is 0 Å². The van der Waals surface area contributed by atoms with E-state index in [0.717, 1.165) is 12.2 Å². The van der Waals surface area contributed by atoms with Gasteiger partial charge >= 0.3 is 0 Å². The molecule has 0 fully saturated rings. The Bertz CT molecular complexity index is 1150. The van der Waals surface area contributed by atoms with Gasteiger partial charge in [0.15, 0.2) is 0 Å². The van der Waals surface area contributed by atoms with Gasteiger partial charge in [0.2, 0.25) is 11.9 Å². The van der Waals surface area contributed by atoms with Gasteiger partial charge in [0, 0.05) is 0 Å². The molecule has 0 spiro atoms.